The summed E-state index contributed by atoms with van der Waals surface area (Å²) < 4.78 is 11.3. The Hall–Kier alpha value is -1.61. The third kappa shape index (κ3) is 6.70. The number of ether oxygens (including phenoxy) is 1. The number of nitrogens with one attached hydrogen (secondary N) is 1. The van der Waals surface area contributed by atoms with Crippen LogP contribution in [0.5, 0.6) is 0 Å². The third-order valence-electron chi connectivity index (χ3n) is 5.48. The van der Waals surface area contributed by atoms with Gasteiger partial charge in [0.1, 0.15) is 5.76 Å². The molecule has 1 N–H and O–H groups in total. The van der Waals surface area contributed by atoms with Crippen LogP contribution in [0.1, 0.15) is 48.8 Å². The molecule has 1 aromatic carbocycles. The zero-order valence-corrected chi connectivity index (χ0v) is 20.9. The molecule has 1 aliphatic heterocycles. The highest BCUT2D eigenvalue weighted by Crippen LogP contribution is 2.24. The van der Waals surface area contributed by atoms with Crippen molar-refractivity contribution in [1.29, 1.82) is 0 Å². The molecule has 0 bridgehead atoms. The van der Waals surface area contributed by atoms with Crippen LogP contribution in [0.2, 0.25) is 0 Å². The van der Waals surface area contributed by atoms with Crippen molar-refractivity contribution in [2.45, 2.75) is 46.6 Å². The largest absolute Gasteiger partial charge is 0.376 e. The van der Waals surface area contributed by atoms with Gasteiger partial charge in [0.15, 0.2) is 5.96 Å². The van der Waals surface area contributed by atoms with E-state index < -0.39 is 0 Å². The Morgan fingerprint density at radius 2 is 2.10 bits per heavy atom. The highest BCUT2D eigenvalue weighted by molar-refractivity contribution is 14.0. The van der Waals surface area contributed by atoms with E-state index in [-0.39, 0.29) is 29.9 Å². The number of guanidine groups is 1. The second-order valence-electron chi connectivity index (χ2n) is 7.93. The van der Waals surface area contributed by atoms with Crippen molar-refractivity contribution in [2.75, 3.05) is 32.8 Å². The van der Waals surface area contributed by atoms with Crippen molar-refractivity contribution in [3.05, 3.63) is 52.9 Å². The van der Waals surface area contributed by atoms with E-state index in [2.05, 4.69) is 53.5 Å². The van der Waals surface area contributed by atoms with E-state index in [0.717, 1.165) is 56.6 Å². The summed E-state index contributed by atoms with van der Waals surface area (Å²) in [5, 5.41) is 7.53. The lowest BCUT2D eigenvalue weighted by Crippen LogP contribution is -2.40. The molecule has 2 atom stereocenters. The predicted molar refractivity (Wildman–Crippen MR) is 132 cm³/mol. The maximum atomic E-state index is 5.96. The summed E-state index contributed by atoms with van der Waals surface area (Å²) in [6, 6.07) is 10.4. The van der Waals surface area contributed by atoms with E-state index >= 15 is 0 Å². The van der Waals surface area contributed by atoms with E-state index in [4.69, 9.17) is 14.3 Å². The maximum absolute atomic E-state index is 5.96. The first-order valence-corrected chi connectivity index (χ1v) is 10.7. The Balaban J connectivity index is 0.00000320. The van der Waals surface area contributed by atoms with Crippen LogP contribution in [0.15, 0.2) is 39.8 Å². The van der Waals surface area contributed by atoms with Crippen LogP contribution in [0, 0.1) is 19.8 Å². The Kier molecular flexibility index (Phi) is 10.1. The molecule has 3 rings (SSSR count). The maximum Gasteiger partial charge on any atom is 0.193 e. The van der Waals surface area contributed by atoms with Crippen LogP contribution in [-0.4, -0.2) is 48.8 Å². The van der Waals surface area contributed by atoms with Crippen molar-refractivity contribution in [3.63, 3.8) is 0 Å². The van der Waals surface area contributed by atoms with Gasteiger partial charge in [-0.1, -0.05) is 42.4 Å². The monoisotopic (exact) mass is 526 g/mol. The molecule has 166 valence electrons. The molecule has 1 aliphatic rings. The zero-order valence-electron chi connectivity index (χ0n) is 18.6. The molecule has 6 nitrogen and oxygen atoms in total. The number of aliphatic imine (C=N–C) groups is 1. The lowest BCUT2D eigenvalue weighted by atomic mass is 10.00. The van der Waals surface area contributed by atoms with Crippen molar-refractivity contribution < 1.29 is 9.26 Å². The molecule has 0 radical (unpaired) electrons. The summed E-state index contributed by atoms with van der Waals surface area (Å²) in [5.74, 6) is 2.72. The number of hydrogen-bond acceptors (Lipinski definition) is 4. The topological polar surface area (TPSA) is 62.9 Å². The molecular weight excluding hydrogens is 491 g/mol. The van der Waals surface area contributed by atoms with Crippen molar-refractivity contribution in [2.24, 2.45) is 10.9 Å². The Labute approximate surface area is 197 Å². The molecule has 0 aliphatic carbocycles. The van der Waals surface area contributed by atoms with Crippen molar-refractivity contribution in [1.82, 2.24) is 15.4 Å². The number of halogens is 1. The minimum Gasteiger partial charge on any atom is -0.376 e. The van der Waals surface area contributed by atoms with Crippen LogP contribution in [-0.2, 0) is 11.3 Å². The zero-order chi connectivity index (χ0) is 20.6. The van der Waals surface area contributed by atoms with E-state index in [1.165, 1.54) is 11.1 Å². The lowest BCUT2D eigenvalue weighted by molar-refractivity contribution is 0.0906. The first-order chi connectivity index (χ1) is 14.1. The number of aromatic nitrogens is 1. The molecule has 2 heterocycles. The molecule has 0 spiro atoms. The van der Waals surface area contributed by atoms with Gasteiger partial charge in [0.05, 0.1) is 18.9 Å². The lowest BCUT2D eigenvalue weighted by Gasteiger charge is -2.22. The SMILES string of the molecule is CCNC(=NCC(C)c1c(C)noc1C)N1CCC(COCc2ccccc2)C1.I. The predicted octanol–water partition coefficient (Wildman–Crippen LogP) is 4.52. The third-order valence-corrected chi connectivity index (χ3v) is 5.48. The van der Waals surface area contributed by atoms with Crippen LogP contribution in [0.3, 0.4) is 0 Å². The molecular formula is C23H35IN4O2. The van der Waals surface area contributed by atoms with E-state index in [9.17, 15) is 0 Å². The number of rotatable bonds is 8. The van der Waals surface area contributed by atoms with E-state index in [0.29, 0.717) is 12.5 Å². The van der Waals surface area contributed by atoms with Crippen LogP contribution in [0.4, 0.5) is 0 Å². The summed E-state index contributed by atoms with van der Waals surface area (Å²) in [5.41, 5.74) is 3.37. The van der Waals surface area contributed by atoms with Gasteiger partial charge >= 0.3 is 0 Å². The van der Waals surface area contributed by atoms with Crippen molar-refractivity contribution >= 4 is 29.9 Å². The Morgan fingerprint density at radius 3 is 2.77 bits per heavy atom. The van der Waals surface area contributed by atoms with Gasteiger partial charge in [-0.05, 0) is 32.8 Å². The molecule has 1 aromatic heterocycles. The van der Waals surface area contributed by atoms with Gasteiger partial charge in [0, 0.05) is 43.6 Å². The quantitative estimate of drug-likeness (QED) is 0.312. The summed E-state index contributed by atoms with van der Waals surface area (Å²) >= 11 is 0. The van der Waals surface area contributed by atoms with E-state index in [1.807, 2.05) is 19.9 Å². The molecule has 0 saturated carbocycles. The molecule has 1 fully saturated rings. The van der Waals surface area contributed by atoms with Gasteiger partial charge < -0.3 is 19.5 Å². The summed E-state index contributed by atoms with van der Waals surface area (Å²) in [7, 11) is 0. The smallest absolute Gasteiger partial charge is 0.193 e. The number of hydrogen-bond donors (Lipinski definition) is 1. The second kappa shape index (κ2) is 12.3. The fourth-order valence-electron chi connectivity index (χ4n) is 4.01. The fraction of sp³-hybridized carbons (Fsp3) is 0.565. The average Bonchev–Trinajstić information content (AvgIpc) is 3.32. The van der Waals surface area contributed by atoms with E-state index in [1.54, 1.807) is 0 Å². The number of likely N-dealkylation sites (tertiary alicyclic amines) is 1. The molecule has 1 saturated heterocycles. The van der Waals surface area contributed by atoms with Crippen LogP contribution < -0.4 is 5.32 Å². The summed E-state index contributed by atoms with van der Waals surface area (Å²) in [6.45, 7) is 13.3. The van der Waals surface area contributed by atoms with Gasteiger partial charge in [0.25, 0.3) is 0 Å². The highest BCUT2D eigenvalue weighted by Gasteiger charge is 2.25. The number of benzene rings is 1. The van der Waals surface area contributed by atoms with Crippen LogP contribution >= 0.6 is 24.0 Å². The van der Waals surface area contributed by atoms with Gasteiger partial charge in [0.2, 0.25) is 0 Å². The normalized spacial score (nSPS) is 17.7. The number of nitrogens with zero attached hydrogens (tertiary/aromatic N) is 3. The molecule has 2 aromatic rings. The Bertz CT molecular complexity index is 774. The molecule has 2 unspecified atom stereocenters. The Morgan fingerprint density at radius 1 is 1.33 bits per heavy atom. The molecule has 0 amide bonds. The standard InChI is InChI=1S/C23H34N4O2.HI/c1-5-24-23(25-13-17(2)22-18(3)26-29-19(22)4)27-12-11-21(14-27)16-28-15-20-9-7-6-8-10-20;/h6-10,17,21H,5,11-16H2,1-4H3,(H,24,25);1H. The molecule has 7 heteroatoms. The average molecular weight is 526 g/mol. The van der Waals surface area contributed by atoms with Gasteiger partial charge in [-0.2, -0.15) is 0 Å². The van der Waals surface area contributed by atoms with Gasteiger partial charge in [-0.15, -0.1) is 24.0 Å². The minimum absolute atomic E-state index is 0. The first-order valence-electron chi connectivity index (χ1n) is 10.7. The first kappa shape index (κ1) is 24.7. The second-order valence-corrected chi connectivity index (χ2v) is 7.93. The fourth-order valence-corrected chi connectivity index (χ4v) is 4.01. The van der Waals surface area contributed by atoms with Gasteiger partial charge in [-0.3, -0.25) is 4.99 Å². The van der Waals surface area contributed by atoms with Crippen molar-refractivity contribution in [3.8, 4) is 0 Å². The number of aryl methyl sites for hydroxylation is 2. The summed E-state index contributed by atoms with van der Waals surface area (Å²) in [6.07, 6.45) is 1.14. The highest BCUT2D eigenvalue weighted by atomic mass is 127. The minimum atomic E-state index is 0. The van der Waals surface area contributed by atoms with Crippen LogP contribution in [0.25, 0.3) is 0 Å². The summed E-state index contributed by atoms with van der Waals surface area (Å²) in [4.78, 5) is 7.28. The molecule has 30 heavy (non-hydrogen) atoms. The van der Waals surface area contributed by atoms with Gasteiger partial charge in [-0.25, -0.2) is 0 Å².